The van der Waals surface area contributed by atoms with Crippen LogP contribution in [0.3, 0.4) is 0 Å². The summed E-state index contributed by atoms with van der Waals surface area (Å²) in [5.41, 5.74) is 1.75. The van der Waals surface area contributed by atoms with Gasteiger partial charge in [0.05, 0.1) is 24.9 Å². The van der Waals surface area contributed by atoms with Gasteiger partial charge in [0, 0.05) is 12.7 Å². The molecule has 0 amide bonds. The van der Waals surface area contributed by atoms with Gasteiger partial charge in [-0.25, -0.2) is 0 Å². The zero-order valence-corrected chi connectivity index (χ0v) is 14.3. The Kier molecular flexibility index (Phi) is 6.67. The molecule has 26 heavy (non-hydrogen) atoms. The molecule has 2 aromatic rings. The number of ether oxygens (including phenoxy) is 2. The molecule has 7 heteroatoms. The molecule has 1 aliphatic heterocycles. The van der Waals surface area contributed by atoms with Crippen molar-refractivity contribution in [3.8, 4) is 0 Å². The third-order valence-electron chi connectivity index (χ3n) is 4.38. The first-order valence-corrected chi connectivity index (χ1v) is 8.60. The number of aliphatic hydroxyl groups is 3. The minimum atomic E-state index is -1.21. The van der Waals surface area contributed by atoms with Gasteiger partial charge >= 0.3 is 0 Å². The van der Waals surface area contributed by atoms with E-state index in [-0.39, 0.29) is 6.61 Å². The molecule has 3 rings (SSSR count). The predicted octanol–water partition coefficient (Wildman–Crippen LogP) is 0.196. The quantitative estimate of drug-likeness (QED) is 0.559. The molecule has 0 unspecified atom stereocenters. The number of nitrogens with one attached hydrogen (secondary N) is 1. The highest BCUT2D eigenvalue weighted by molar-refractivity contribution is 5.13. The fourth-order valence-corrected chi connectivity index (χ4v) is 2.92. The summed E-state index contributed by atoms with van der Waals surface area (Å²) >= 11 is 0. The maximum Gasteiger partial charge on any atom is 0.176 e. The van der Waals surface area contributed by atoms with E-state index in [2.05, 4.69) is 10.3 Å². The van der Waals surface area contributed by atoms with Gasteiger partial charge in [-0.2, -0.15) is 0 Å². The van der Waals surface area contributed by atoms with E-state index in [0.717, 1.165) is 11.3 Å². The summed E-state index contributed by atoms with van der Waals surface area (Å²) in [6, 6.07) is 14.5. The average molecular weight is 360 g/mol. The lowest BCUT2D eigenvalue weighted by Gasteiger charge is -2.42. The number of benzene rings is 1. The van der Waals surface area contributed by atoms with Crippen LogP contribution in [-0.2, 0) is 22.6 Å². The lowest BCUT2D eigenvalue weighted by molar-refractivity contribution is -0.274. The predicted molar refractivity (Wildman–Crippen MR) is 93.9 cm³/mol. The van der Waals surface area contributed by atoms with E-state index in [1.165, 1.54) is 0 Å². The third kappa shape index (κ3) is 4.64. The minimum Gasteiger partial charge on any atom is -0.394 e. The molecule has 0 aliphatic carbocycles. The smallest absolute Gasteiger partial charge is 0.176 e. The normalized spacial score (nSPS) is 28.8. The number of nitrogens with zero attached hydrogens (tertiary/aromatic N) is 1. The maximum absolute atomic E-state index is 10.5. The van der Waals surface area contributed by atoms with Crippen LogP contribution in [0.1, 0.15) is 11.3 Å². The van der Waals surface area contributed by atoms with Crippen molar-refractivity contribution in [3.63, 3.8) is 0 Å². The summed E-state index contributed by atoms with van der Waals surface area (Å²) in [5, 5.41) is 33.2. The highest BCUT2D eigenvalue weighted by Gasteiger charge is 2.44. The van der Waals surface area contributed by atoms with Crippen molar-refractivity contribution in [1.82, 2.24) is 10.3 Å². The number of aliphatic hydroxyl groups excluding tert-OH is 3. The van der Waals surface area contributed by atoms with E-state index in [9.17, 15) is 15.3 Å². The molecule has 4 N–H and O–H groups in total. The fraction of sp³-hybridized carbons (Fsp3) is 0.421. The first-order chi connectivity index (χ1) is 12.7. The van der Waals surface area contributed by atoms with Gasteiger partial charge in [-0.05, 0) is 17.7 Å². The van der Waals surface area contributed by atoms with Crippen LogP contribution >= 0.6 is 0 Å². The zero-order chi connectivity index (χ0) is 18.4. The summed E-state index contributed by atoms with van der Waals surface area (Å²) in [7, 11) is 0. The highest BCUT2D eigenvalue weighted by Crippen LogP contribution is 2.23. The van der Waals surface area contributed by atoms with Gasteiger partial charge in [0.2, 0.25) is 0 Å². The molecule has 1 aliphatic rings. The molecule has 1 fully saturated rings. The molecule has 140 valence electrons. The average Bonchev–Trinajstić information content (AvgIpc) is 2.69. The number of pyridine rings is 1. The van der Waals surface area contributed by atoms with E-state index in [4.69, 9.17) is 9.47 Å². The van der Waals surface area contributed by atoms with Gasteiger partial charge in [-0.1, -0.05) is 36.4 Å². The zero-order valence-electron chi connectivity index (χ0n) is 14.3. The second-order valence-corrected chi connectivity index (χ2v) is 6.23. The van der Waals surface area contributed by atoms with E-state index in [0.29, 0.717) is 6.54 Å². The molecule has 0 bridgehead atoms. The molecule has 1 aromatic carbocycles. The van der Waals surface area contributed by atoms with Gasteiger partial charge in [0.1, 0.15) is 18.3 Å². The highest BCUT2D eigenvalue weighted by atomic mass is 16.7. The molecular weight excluding hydrogens is 336 g/mol. The van der Waals surface area contributed by atoms with Crippen LogP contribution < -0.4 is 5.32 Å². The Morgan fingerprint density at radius 2 is 1.81 bits per heavy atom. The maximum atomic E-state index is 10.5. The summed E-state index contributed by atoms with van der Waals surface area (Å²) < 4.78 is 11.5. The fourth-order valence-electron chi connectivity index (χ4n) is 2.92. The molecule has 1 aromatic heterocycles. The van der Waals surface area contributed by atoms with Crippen molar-refractivity contribution in [2.45, 2.75) is 43.8 Å². The van der Waals surface area contributed by atoms with Crippen molar-refractivity contribution < 1.29 is 24.8 Å². The van der Waals surface area contributed by atoms with Crippen LogP contribution in [0, 0.1) is 0 Å². The van der Waals surface area contributed by atoms with E-state index in [1.54, 1.807) is 6.20 Å². The number of hydrogen-bond acceptors (Lipinski definition) is 7. The Balaban J connectivity index is 1.68. The van der Waals surface area contributed by atoms with E-state index < -0.39 is 37.3 Å². The summed E-state index contributed by atoms with van der Waals surface area (Å²) in [6.45, 7) is 0.262. The Bertz CT molecular complexity index is 657. The van der Waals surface area contributed by atoms with Crippen molar-refractivity contribution in [2.24, 2.45) is 0 Å². The van der Waals surface area contributed by atoms with E-state index in [1.807, 2.05) is 48.5 Å². The van der Waals surface area contributed by atoms with Gasteiger partial charge in [0.15, 0.2) is 6.29 Å². The van der Waals surface area contributed by atoms with Crippen LogP contribution in [0.5, 0.6) is 0 Å². The van der Waals surface area contributed by atoms with Crippen LogP contribution in [0.25, 0.3) is 0 Å². The lowest BCUT2D eigenvalue weighted by atomic mass is 9.97. The van der Waals surface area contributed by atoms with Crippen LogP contribution in [0.15, 0.2) is 54.7 Å². The number of aromatic nitrogens is 1. The van der Waals surface area contributed by atoms with Crippen molar-refractivity contribution in [2.75, 3.05) is 6.61 Å². The van der Waals surface area contributed by atoms with Gasteiger partial charge < -0.3 is 30.1 Å². The lowest BCUT2D eigenvalue weighted by Crippen LogP contribution is -2.63. The molecule has 2 heterocycles. The largest absolute Gasteiger partial charge is 0.394 e. The standard InChI is InChI=1S/C19H24N2O5/c22-11-15-17(23)18(24)16(21-10-14-8-4-5-9-20-14)19(26-15)25-12-13-6-2-1-3-7-13/h1-9,15-19,21-24H,10-12H2/t15-,16-,17-,18-,19+/m1/s1. The van der Waals surface area contributed by atoms with Crippen LogP contribution in [-0.4, -0.2) is 57.6 Å². The van der Waals surface area contributed by atoms with Gasteiger partial charge in [-0.15, -0.1) is 0 Å². The molecule has 7 nitrogen and oxygen atoms in total. The first-order valence-electron chi connectivity index (χ1n) is 8.60. The molecule has 0 radical (unpaired) electrons. The minimum absolute atomic E-state index is 0.286. The second-order valence-electron chi connectivity index (χ2n) is 6.23. The second kappa shape index (κ2) is 9.18. The Morgan fingerprint density at radius 1 is 1.04 bits per heavy atom. The van der Waals surface area contributed by atoms with Gasteiger partial charge in [0.25, 0.3) is 0 Å². The summed E-state index contributed by atoms with van der Waals surface area (Å²) in [6.07, 6.45) is -2.40. The number of hydrogen-bond donors (Lipinski definition) is 4. The molecule has 0 saturated carbocycles. The number of rotatable bonds is 7. The van der Waals surface area contributed by atoms with E-state index >= 15 is 0 Å². The Labute approximate surface area is 152 Å². The van der Waals surface area contributed by atoms with Crippen LogP contribution in [0.4, 0.5) is 0 Å². The monoisotopic (exact) mass is 360 g/mol. The Morgan fingerprint density at radius 3 is 2.50 bits per heavy atom. The van der Waals surface area contributed by atoms with Crippen molar-refractivity contribution >= 4 is 0 Å². The topological polar surface area (TPSA) is 104 Å². The molecule has 0 spiro atoms. The summed E-state index contributed by atoms with van der Waals surface area (Å²) in [4.78, 5) is 4.23. The molecule has 5 atom stereocenters. The summed E-state index contributed by atoms with van der Waals surface area (Å²) in [5.74, 6) is 0. The van der Waals surface area contributed by atoms with Crippen LogP contribution in [0.2, 0.25) is 0 Å². The molecular formula is C19H24N2O5. The van der Waals surface area contributed by atoms with Gasteiger partial charge in [-0.3, -0.25) is 4.98 Å². The third-order valence-corrected chi connectivity index (χ3v) is 4.38. The molecule has 1 saturated heterocycles. The first kappa shape index (κ1) is 18.9. The Hall–Kier alpha value is -1.87. The van der Waals surface area contributed by atoms with Crippen molar-refractivity contribution in [3.05, 3.63) is 66.0 Å². The SMILES string of the molecule is OC[C@H]1O[C@H](OCc2ccccc2)[C@H](NCc2ccccn2)[C@@H](O)[C@@H]1O. The van der Waals surface area contributed by atoms with Crippen molar-refractivity contribution in [1.29, 1.82) is 0 Å².